The van der Waals surface area contributed by atoms with Gasteiger partial charge in [0, 0.05) is 5.56 Å². The minimum atomic E-state index is -0.332. The maximum Gasteiger partial charge on any atom is 0.322 e. The largest absolute Gasteiger partial charge is 0.457 e. The second-order valence-electron chi connectivity index (χ2n) is 6.06. The van der Waals surface area contributed by atoms with Gasteiger partial charge in [-0.2, -0.15) is 0 Å². The molecule has 28 heavy (non-hydrogen) atoms. The first-order valence-corrected chi connectivity index (χ1v) is 8.77. The number of aromatic nitrogens is 2. The van der Waals surface area contributed by atoms with Crippen LogP contribution in [0.2, 0.25) is 0 Å². The number of nitrogens with zero attached hydrogens (tertiary/aromatic N) is 2. The molecule has 0 aliphatic heterocycles. The molecule has 0 saturated carbocycles. The maximum absolute atomic E-state index is 12.4. The van der Waals surface area contributed by atoms with E-state index in [0.29, 0.717) is 23.6 Å². The fourth-order valence-electron chi connectivity index (χ4n) is 2.61. The maximum atomic E-state index is 12.4. The van der Waals surface area contributed by atoms with Crippen LogP contribution < -0.4 is 10.1 Å². The van der Waals surface area contributed by atoms with Gasteiger partial charge in [0.15, 0.2) is 0 Å². The van der Waals surface area contributed by atoms with Crippen molar-refractivity contribution in [3.05, 3.63) is 102 Å². The molecule has 0 unspecified atom stereocenters. The number of carbonyl (C=O) groups excluding carboxylic acids is 1. The number of anilines is 1. The summed E-state index contributed by atoms with van der Waals surface area (Å²) < 4.78 is 11.2. The number of benzene rings is 3. The minimum absolute atomic E-state index is 0.0699. The summed E-state index contributed by atoms with van der Waals surface area (Å²) in [4.78, 5) is 12.4. The molecule has 4 rings (SSSR count). The summed E-state index contributed by atoms with van der Waals surface area (Å²) in [6.45, 7) is 0. The third-order valence-corrected chi connectivity index (χ3v) is 3.98. The number of carbonyl (C=O) groups is 1. The molecule has 1 heterocycles. The van der Waals surface area contributed by atoms with E-state index in [0.717, 1.165) is 11.3 Å². The lowest BCUT2D eigenvalue weighted by atomic mass is 10.2. The Hall–Kier alpha value is -3.93. The summed E-state index contributed by atoms with van der Waals surface area (Å²) in [6.07, 6.45) is 0.509. The van der Waals surface area contributed by atoms with Gasteiger partial charge in [-0.05, 0) is 42.0 Å². The normalized spacial score (nSPS) is 10.4. The van der Waals surface area contributed by atoms with Crippen molar-refractivity contribution in [2.75, 3.05) is 5.32 Å². The predicted octanol–water partition coefficient (Wildman–Crippen LogP) is 4.71. The predicted molar refractivity (Wildman–Crippen MR) is 104 cm³/mol. The molecule has 0 bridgehead atoms. The number of ether oxygens (including phenoxy) is 1. The number of rotatable bonds is 6. The summed E-state index contributed by atoms with van der Waals surface area (Å²) in [5.74, 6) is 1.48. The van der Waals surface area contributed by atoms with Crippen LogP contribution in [0.15, 0.2) is 89.3 Å². The van der Waals surface area contributed by atoms with Gasteiger partial charge < -0.3 is 9.15 Å². The number of amides is 1. The first kappa shape index (κ1) is 17.5. The molecule has 0 radical (unpaired) electrons. The van der Waals surface area contributed by atoms with E-state index < -0.39 is 0 Å². The molecule has 0 aliphatic rings. The highest BCUT2D eigenvalue weighted by Gasteiger charge is 2.12. The Balaban J connectivity index is 1.37. The van der Waals surface area contributed by atoms with Gasteiger partial charge >= 0.3 is 6.01 Å². The first-order chi connectivity index (χ1) is 13.8. The van der Waals surface area contributed by atoms with Gasteiger partial charge in [-0.15, -0.1) is 5.10 Å². The average Bonchev–Trinajstić information content (AvgIpc) is 3.17. The molecule has 6 nitrogen and oxygen atoms in total. The van der Waals surface area contributed by atoms with E-state index in [-0.39, 0.29) is 11.9 Å². The van der Waals surface area contributed by atoms with Crippen LogP contribution in [-0.4, -0.2) is 16.1 Å². The van der Waals surface area contributed by atoms with Crippen LogP contribution in [0, 0.1) is 0 Å². The Labute approximate surface area is 161 Å². The van der Waals surface area contributed by atoms with E-state index in [9.17, 15) is 4.79 Å². The van der Waals surface area contributed by atoms with Gasteiger partial charge in [-0.3, -0.25) is 10.1 Å². The Morgan fingerprint density at radius 2 is 1.46 bits per heavy atom. The van der Waals surface area contributed by atoms with E-state index in [2.05, 4.69) is 15.5 Å². The van der Waals surface area contributed by atoms with E-state index in [4.69, 9.17) is 9.15 Å². The fourth-order valence-corrected chi connectivity index (χ4v) is 2.61. The number of nitrogens with one attached hydrogen (secondary N) is 1. The molecule has 1 amide bonds. The molecule has 1 aromatic heterocycles. The SMILES string of the molecule is O=C(Nc1nnc(Cc2ccccc2)o1)c1ccc(Oc2ccccc2)cc1. The summed E-state index contributed by atoms with van der Waals surface area (Å²) in [5, 5.41) is 10.5. The molecule has 0 saturated heterocycles. The van der Waals surface area contributed by atoms with E-state index in [1.165, 1.54) is 0 Å². The van der Waals surface area contributed by atoms with Crippen LogP contribution in [0.25, 0.3) is 0 Å². The van der Waals surface area contributed by atoms with Crippen molar-refractivity contribution in [2.24, 2.45) is 0 Å². The Bertz CT molecular complexity index is 1050. The van der Waals surface area contributed by atoms with Crippen molar-refractivity contribution in [3.8, 4) is 11.5 Å². The highest BCUT2D eigenvalue weighted by atomic mass is 16.5. The Morgan fingerprint density at radius 1 is 0.821 bits per heavy atom. The molecule has 3 aromatic carbocycles. The molecule has 138 valence electrons. The van der Waals surface area contributed by atoms with Crippen molar-refractivity contribution in [1.29, 1.82) is 0 Å². The topological polar surface area (TPSA) is 77.3 Å². The Morgan fingerprint density at radius 3 is 2.18 bits per heavy atom. The summed E-state index contributed by atoms with van der Waals surface area (Å²) in [5.41, 5.74) is 1.52. The molecule has 0 aliphatic carbocycles. The van der Waals surface area contributed by atoms with Crippen LogP contribution in [0.3, 0.4) is 0 Å². The summed E-state index contributed by atoms with van der Waals surface area (Å²) in [7, 11) is 0. The lowest BCUT2D eigenvalue weighted by Crippen LogP contribution is -2.11. The molecular formula is C22H17N3O3. The third-order valence-electron chi connectivity index (χ3n) is 3.98. The van der Waals surface area contributed by atoms with Crippen LogP contribution in [0.4, 0.5) is 6.01 Å². The van der Waals surface area contributed by atoms with Crippen molar-refractivity contribution in [3.63, 3.8) is 0 Å². The standard InChI is InChI=1S/C22H17N3O3/c26-21(17-11-13-19(14-12-17)27-18-9-5-2-6-10-18)23-22-25-24-20(28-22)15-16-7-3-1-4-8-16/h1-14H,15H2,(H,23,25,26). The smallest absolute Gasteiger partial charge is 0.322 e. The summed E-state index contributed by atoms with van der Waals surface area (Å²) >= 11 is 0. The number of para-hydroxylation sites is 1. The molecule has 0 atom stereocenters. The first-order valence-electron chi connectivity index (χ1n) is 8.77. The van der Waals surface area contributed by atoms with Crippen LogP contribution in [0.5, 0.6) is 11.5 Å². The van der Waals surface area contributed by atoms with Crippen LogP contribution in [0.1, 0.15) is 21.8 Å². The molecule has 0 fully saturated rings. The molecular weight excluding hydrogens is 354 g/mol. The van der Waals surface area contributed by atoms with Gasteiger partial charge in [-0.1, -0.05) is 53.6 Å². The number of hydrogen-bond acceptors (Lipinski definition) is 5. The minimum Gasteiger partial charge on any atom is -0.457 e. The Kier molecular flexibility index (Phi) is 5.11. The monoisotopic (exact) mass is 371 g/mol. The average molecular weight is 371 g/mol. The second kappa shape index (κ2) is 8.18. The van der Waals surface area contributed by atoms with Crippen molar-refractivity contribution in [1.82, 2.24) is 10.2 Å². The highest BCUT2D eigenvalue weighted by Crippen LogP contribution is 2.21. The molecule has 1 N–H and O–H groups in total. The van der Waals surface area contributed by atoms with Gasteiger partial charge in [-0.25, -0.2) is 0 Å². The van der Waals surface area contributed by atoms with Crippen LogP contribution in [-0.2, 0) is 6.42 Å². The lowest BCUT2D eigenvalue weighted by Gasteiger charge is -2.06. The van der Waals surface area contributed by atoms with Gasteiger partial charge in [0.1, 0.15) is 11.5 Å². The molecule has 4 aromatic rings. The second-order valence-corrected chi connectivity index (χ2v) is 6.06. The van der Waals surface area contributed by atoms with Gasteiger partial charge in [0.05, 0.1) is 6.42 Å². The van der Waals surface area contributed by atoms with Crippen molar-refractivity contribution in [2.45, 2.75) is 6.42 Å². The van der Waals surface area contributed by atoms with Gasteiger partial charge in [0.25, 0.3) is 5.91 Å². The third kappa shape index (κ3) is 4.42. The fraction of sp³-hybridized carbons (Fsp3) is 0.0455. The zero-order valence-electron chi connectivity index (χ0n) is 14.9. The van der Waals surface area contributed by atoms with Gasteiger partial charge in [0.2, 0.25) is 5.89 Å². The zero-order valence-corrected chi connectivity index (χ0v) is 14.9. The number of hydrogen-bond donors (Lipinski definition) is 1. The molecule has 0 spiro atoms. The van der Waals surface area contributed by atoms with E-state index >= 15 is 0 Å². The van der Waals surface area contributed by atoms with E-state index in [1.54, 1.807) is 24.3 Å². The highest BCUT2D eigenvalue weighted by molar-refractivity contribution is 6.03. The van der Waals surface area contributed by atoms with Crippen molar-refractivity contribution < 1.29 is 13.9 Å². The van der Waals surface area contributed by atoms with E-state index in [1.807, 2.05) is 60.7 Å². The zero-order chi connectivity index (χ0) is 19.2. The quantitative estimate of drug-likeness (QED) is 0.531. The lowest BCUT2D eigenvalue weighted by molar-refractivity contribution is 0.102. The molecule has 6 heteroatoms. The summed E-state index contributed by atoms with van der Waals surface area (Å²) in [6, 6.07) is 26.1. The van der Waals surface area contributed by atoms with Crippen LogP contribution >= 0.6 is 0 Å². The van der Waals surface area contributed by atoms with Crippen molar-refractivity contribution >= 4 is 11.9 Å².